The van der Waals surface area contributed by atoms with Gasteiger partial charge in [-0.05, 0) is 48.7 Å². The molecule has 122 valence electrons. The van der Waals surface area contributed by atoms with E-state index in [-0.39, 0.29) is 18.7 Å². The molecule has 0 aliphatic heterocycles. The molecule has 0 unspecified atom stereocenters. The Hall–Kier alpha value is -1.55. The van der Waals surface area contributed by atoms with Gasteiger partial charge in [0.2, 0.25) is 0 Å². The van der Waals surface area contributed by atoms with Crippen molar-refractivity contribution in [3.05, 3.63) is 64.2 Å². The summed E-state index contributed by atoms with van der Waals surface area (Å²) in [5.41, 5.74) is 3.88. The number of hydrogen-bond donors (Lipinski definition) is 1. The highest BCUT2D eigenvalue weighted by atomic mass is 35.5. The van der Waals surface area contributed by atoms with Crippen molar-refractivity contribution >= 4 is 11.6 Å². The summed E-state index contributed by atoms with van der Waals surface area (Å²) in [6.07, 6.45) is 2.05. The Morgan fingerprint density at radius 1 is 1.26 bits per heavy atom. The van der Waals surface area contributed by atoms with E-state index in [9.17, 15) is 5.11 Å². The molecule has 2 aromatic rings. The van der Waals surface area contributed by atoms with Crippen LogP contribution >= 0.6 is 11.6 Å². The lowest BCUT2D eigenvalue weighted by atomic mass is 9.75. The number of aliphatic hydroxyl groups excluding tert-OH is 1. The van der Waals surface area contributed by atoms with Crippen molar-refractivity contribution in [1.82, 2.24) is 4.90 Å². The summed E-state index contributed by atoms with van der Waals surface area (Å²) in [4.78, 5) is 2.02. The number of benzene rings is 2. The molecule has 4 heteroatoms. The first kappa shape index (κ1) is 16.3. The van der Waals surface area contributed by atoms with Crippen LogP contribution in [0.4, 0.5) is 0 Å². The zero-order chi connectivity index (χ0) is 16.4. The Balaban J connectivity index is 2.10. The summed E-state index contributed by atoms with van der Waals surface area (Å²) in [5.74, 6) is 0.890. The van der Waals surface area contributed by atoms with Crippen LogP contribution in [0.1, 0.15) is 29.0 Å². The lowest BCUT2D eigenvalue weighted by Crippen LogP contribution is -2.40. The monoisotopic (exact) mass is 331 g/mol. The van der Waals surface area contributed by atoms with E-state index in [2.05, 4.69) is 30.3 Å². The zero-order valence-corrected chi connectivity index (χ0v) is 14.3. The van der Waals surface area contributed by atoms with E-state index in [1.165, 1.54) is 16.7 Å². The Kier molecular flexibility index (Phi) is 4.90. The minimum Gasteiger partial charge on any atom is -0.495 e. The molecule has 3 nitrogen and oxygen atoms in total. The first-order chi connectivity index (χ1) is 11.2. The number of rotatable bonds is 4. The van der Waals surface area contributed by atoms with Crippen molar-refractivity contribution in [2.24, 2.45) is 0 Å². The van der Waals surface area contributed by atoms with Crippen LogP contribution in [0, 0.1) is 0 Å². The largest absolute Gasteiger partial charge is 0.495 e. The summed E-state index contributed by atoms with van der Waals surface area (Å²) < 4.78 is 5.39. The highest BCUT2D eigenvalue weighted by molar-refractivity contribution is 6.32. The fourth-order valence-corrected chi connectivity index (χ4v) is 3.79. The molecule has 0 spiro atoms. The minimum absolute atomic E-state index is 0.0497. The molecule has 0 bridgehead atoms. The van der Waals surface area contributed by atoms with Crippen molar-refractivity contribution in [1.29, 1.82) is 0 Å². The molecule has 0 saturated heterocycles. The molecule has 0 saturated carbocycles. The normalized spacial score (nSPS) is 20.4. The SMILES string of the molecule is COc1cc([C@H]2c3ccccc3CC[C@@H]2N(C)CO)ccc1Cl. The Morgan fingerprint density at radius 2 is 2.04 bits per heavy atom. The standard InChI is InChI=1S/C19H22ClNO2/c1-21(12-22)17-10-8-13-5-3-4-6-15(13)19(17)14-7-9-16(20)18(11-14)23-2/h3-7,9,11,17,19,22H,8,10,12H2,1-2H3/t17-,19-/m0/s1. The van der Waals surface area contributed by atoms with E-state index in [4.69, 9.17) is 16.3 Å². The van der Waals surface area contributed by atoms with Crippen LogP contribution in [0.3, 0.4) is 0 Å². The van der Waals surface area contributed by atoms with Gasteiger partial charge in [0.25, 0.3) is 0 Å². The van der Waals surface area contributed by atoms with Gasteiger partial charge in [-0.3, -0.25) is 4.90 Å². The summed E-state index contributed by atoms with van der Waals surface area (Å²) in [6, 6.07) is 14.8. The van der Waals surface area contributed by atoms with Crippen molar-refractivity contribution < 1.29 is 9.84 Å². The third-order valence-corrected chi connectivity index (χ3v) is 5.12. The number of aryl methyl sites for hydroxylation is 1. The first-order valence-electron chi connectivity index (χ1n) is 7.88. The van der Waals surface area contributed by atoms with Crippen LogP contribution in [0.2, 0.25) is 5.02 Å². The predicted octanol–water partition coefficient (Wildman–Crippen LogP) is 3.68. The molecule has 2 aromatic carbocycles. The smallest absolute Gasteiger partial charge is 0.137 e. The molecule has 0 heterocycles. The summed E-state index contributed by atoms with van der Waals surface area (Å²) in [6.45, 7) is 0.0497. The van der Waals surface area contributed by atoms with E-state index >= 15 is 0 Å². The predicted molar refractivity (Wildman–Crippen MR) is 93.2 cm³/mol. The van der Waals surface area contributed by atoms with Crippen molar-refractivity contribution in [2.75, 3.05) is 20.9 Å². The molecule has 0 fully saturated rings. The summed E-state index contributed by atoms with van der Waals surface area (Å²) in [7, 11) is 3.61. The van der Waals surface area contributed by atoms with E-state index < -0.39 is 0 Å². The van der Waals surface area contributed by atoms with Crippen LogP contribution in [0.5, 0.6) is 5.75 Å². The van der Waals surface area contributed by atoms with Gasteiger partial charge < -0.3 is 9.84 Å². The van der Waals surface area contributed by atoms with Crippen LogP contribution in [-0.2, 0) is 6.42 Å². The maximum Gasteiger partial charge on any atom is 0.137 e. The second-order valence-corrected chi connectivity index (χ2v) is 6.48. The van der Waals surface area contributed by atoms with Gasteiger partial charge in [0.15, 0.2) is 0 Å². The fourth-order valence-electron chi connectivity index (χ4n) is 3.59. The highest BCUT2D eigenvalue weighted by Gasteiger charge is 2.33. The number of hydrogen-bond acceptors (Lipinski definition) is 3. The molecule has 0 radical (unpaired) electrons. The van der Waals surface area contributed by atoms with Gasteiger partial charge in [0.05, 0.1) is 18.9 Å². The molecular formula is C19H22ClNO2. The van der Waals surface area contributed by atoms with E-state index in [0.717, 1.165) is 12.8 Å². The molecule has 1 aliphatic carbocycles. The van der Waals surface area contributed by atoms with Crippen LogP contribution in [0.25, 0.3) is 0 Å². The lowest BCUT2D eigenvalue weighted by molar-refractivity contribution is 0.0791. The van der Waals surface area contributed by atoms with Crippen LogP contribution in [0.15, 0.2) is 42.5 Å². The summed E-state index contributed by atoms with van der Waals surface area (Å²) in [5, 5.41) is 10.2. The van der Waals surface area contributed by atoms with E-state index in [1.54, 1.807) is 7.11 Å². The maximum absolute atomic E-state index is 9.62. The summed E-state index contributed by atoms with van der Waals surface area (Å²) >= 11 is 6.19. The quantitative estimate of drug-likeness (QED) is 0.868. The number of fused-ring (bicyclic) bond motifs is 1. The fraction of sp³-hybridized carbons (Fsp3) is 0.368. The molecule has 0 aromatic heterocycles. The number of methoxy groups -OCH3 is 1. The number of halogens is 1. The van der Waals surface area contributed by atoms with Gasteiger partial charge in [-0.15, -0.1) is 0 Å². The first-order valence-corrected chi connectivity index (χ1v) is 8.26. The molecule has 23 heavy (non-hydrogen) atoms. The van der Waals surface area contributed by atoms with Gasteiger partial charge in [-0.1, -0.05) is 41.9 Å². The highest BCUT2D eigenvalue weighted by Crippen LogP contribution is 2.41. The average molecular weight is 332 g/mol. The minimum atomic E-state index is 0.0497. The number of ether oxygens (including phenoxy) is 1. The Labute approximate surface area is 142 Å². The van der Waals surface area contributed by atoms with Crippen LogP contribution < -0.4 is 4.74 Å². The van der Waals surface area contributed by atoms with Gasteiger partial charge in [0.1, 0.15) is 5.75 Å². The maximum atomic E-state index is 9.62. The Bertz CT molecular complexity index is 689. The van der Waals surface area contributed by atoms with Crippen molar-refractivity contribution in [2.45, 2.75) is 24.8 Å². The van der Waals surface area contributed by atoms with Crippen LogP contribution in [-0.4, -0.2) is 36.9 Å². The van der Waals surface area contributed by atoms with E-state index in [1.807, 2.05) is 24.1 Å². The molecule has 1 aliphatic rings. The van der Waals surface area contributed by atoms with Gasteiger partial charge in [-0.25, -0.2) is 0 Å². The van der Waals surface area contributed by atoms with Gasteiger partial charge in [0, 0.05) is 12.0 Å². The lowest BCUT2D eigenvalue weighted by Gasteiger charge is -2.39. The van der Waals surface area contributed by atoms with E-state index in [0.29, 0.717) is 10.8 Å². The van der Waals surface area contributed by atoms with Gasteiger partial charge in [-0.2, -0.15) is 0 Å². The van der Waals surface area contributed by atoms with Crippen molar-refractivity contribution in [3.8, 4) is 5.75 Å². The Morgan fingerprint density at radius 3 is 2.78 bits per heavy atom. The second kappa shape index (κ2) is 6.91. The van der Waals surface area contributed by atoms with Crippen molar-refractivity contribution in [3.63, 3.8) is 0 Å². The number of nitrogens with zero attached hydrogens (tertiary/aromatic N) is 1. The molecule has 2 atom stereocenters. The third kappa shape index (κ3) is 3.09. The average Bonchev–Trinajstić information content (AvgIpc) is 2.60. The van der Waals surface area contributed by atoms with Gasteiger partial charge >= 0.3 is 0 Å². The number of aliphatic hydroxyl groups is 1. The number of likely N-dealkylation sites (N-methyl/N-ethyl adjacent to an activating group) is 1. The molecule has 3 rings (SSSR count). The molecule has 0 amide bonds. The molecular weight excluding hydrogens is 310 g/mol. The second-order valence-electron chi connectivity index (χ2n) is 6.07. The molecule has 1 N–H and O–H groups in total. The zero-order valence-electron chi connectivity index (χ0n) is 13.5. The topological polar surface area (TPSA) is 32.7 Å². The third-order valence-electron chi connectivity index (χ3n) is 4.81.